The zero-order chi connectivity index (χ0) is 8.97. The maximum atomic E-state index is 10.9. The Kier molecular flexibility index (Phi) is 2.96. The molecule has 0 aliphatic carbocycles. The predicted molar refractivity (Wildman–Crippen MR) is 42.7 cm³/mol. The molecule has 0 amide bonds. The fourth-order valence-corrected chi connectivity index (χ4v) is 0.871. The first-order chi connectivity index (χ1) is 5.72. The molecular weight excluding hydrogens is 156 g/mol. The summed E-state index contributed by atoms with van der Waals surface area (Å²) in [5.74, 6) is 1.40. The standard InChI is InChI=1S/C8H12N2O2/c1-3-7(11)4-5-8-9-6(2)12-10-8/h3-5H2,1-2H3. The van der Waals surface area contributed by atoms with Crippen molar-refractivity contribution in [2.45, 2.75) is 33.1 Å². The second kappa shape index (κ2) is 3.99. The normalized spacial score (nSPS) is 10.2. The second-order valence-electron chi connectivity index (χ2n) is 2.62. The van der Waals surface area contributed by atoms with Crippen molar-refractivity contribution in [3.8, 4) is 0 Å². The fourth-order valence-electron chi connectivity index (χ4n) is 0.871. The third-order valence-corrected chi connectivity index (χ3v) is 1.59. The molecule has 12 heavy (non-hydrogen) atoms. The van der Waals surface area contributed by atoms with E-state index >= 15 is 0 Å². The van der Waals surface area contributed by atoms with Crippen molar-refractivity contribution in [1.29, 1.82) is 0 Å². The van der Waals surface area contributed by atoms with Crippen LogP contribution >= 0.6 is 0 Å². The molecule has 0 radical (unpaired) electrons. The van der Waals surface area contributed by atoms with E-state index in [1.54, 1.807) is 6.92 Å². The van der Waals surface area contributed by atoms with Gasteiger partial charge in [0.15, 0.2) is 5.82 Å². The van der Waals surface area contributed by atoms with Gasteiger partial charge in [-0.3, -0.25) is 4.79 Å². The number of Topliss-reactive ketones (excluding diaryl/α,β-unsaturated/α-hetero) is 1. The number of hydrogen-bond donors (Lipinski definition) is 0. The van der Waals surface area contributed by atoms with E-state index in [0.29, 0.717) is 31.0 Å². The summed E-state index contributed by atoms with van der Waals surface area (Å²) in [4.78, 5) is 14.9. The number of ketones is 1. The first-order valence-electron chi connectivity index (χ1n) is 4.03. The SMILES string of the molecule is CCC(=O)CCc1noc(C)n1. The van der Waals surface area contributed by atoms with E-state index in [4.69, 9.17) is 4.52 Å². The number of hydrogen-bond acceptors (Lipinski definition) is 4. The van der Waals surface area contributed by atoms with Gasteiger partial charge in [0.25, 0.3) is 0 Å². The first-order valence-corrected chi connectivity index (χ1v) is 4.03. The Bertz CT molecular complexity index is 268. The molecule has 4 nitrogen and oxygen atoms in total. The maximum Gasteiger partial charge on any atom is 0.223 e. The van der Waals surface area contributed by atoms with Crippen molar-refractivity contribution in [3.05, 3.63) is 11.7 Å². The number of aryl methyl sites for hydroxylation is 2. The van der Waals surface area contributed by atoms with Crippen LogP contribution in [0.1, 0.15) is 31.5 Å². The number of rotatable bonds is 4. The highest BCUT2D eigenvalue weighted by molar-refractivity contribution is 5.78. The van der Waals surface area contributed by atoms with Crippen LogP contribution in [0.2, 0.25) is 0 Å². The van der Waals surface area contributed by atoms with Crippen molar-refractivity contribution >= 4 is 5.78 Å². The Labute approximate surface area is 71.0 Å². The molecule has 0 atom stereocenters. The average molecular weight is 168 g/mol. The van der Waals surface area contributed by atoms with E-state index in [-0.39, 0.29) is 5.78 Å². The molecule has 66 valence electrons. The van der Waals surface area contributed by atoms with Gasteiger partial charge in [-0.05, 0) is 0 Å². The summed E-state index contributed by atoms with van der Waals surface area (Å²) in [5, 5.41) is 3.68. The van der Waals surface area contributed by atoms with E-state index in [2.05, 4.69) is 10.1 Å². The second-order valence-corrected chi connectivity index (χ2v) is 2.62. The van der Waals surface area contributed by atoms with Gasteiger partial charge in [-0.2, -0.15) is 4.98 Å². The Morgan fingerprint density at radius 3 is 2.83 bits per heavy atom. The molecule has 0 N–H and O–H groups in total. The summed E-state index contributed by atoms with van der Waals surface area (Å²) in [6, 6.07) is 0. The molecule has 0 saturated carbocycles. The lowest BCUT2D eigenvalue weighted by Crippen LogP contribution is -1.98. The minimum Gasteiger partial charge on any atom is -0.340 e. The number of nitrogens with zero attached hydrogens (tertiary/aromatic N) is 2. The van der Waals surface area contributed by atoms with Crippen molar-refractivity contribution in [1.82, 2.24) is 10.1 Å². The monoisotopic (exact) mass is 168 g/mol. The topological polar surface area (TPSA) is 56.0 Å². The van der Waals surface area contributed by atoms with Crippen LogP contribution in [-0.4, -0.2) is 15.9 Å². The van der Waals surface area contributed by atoms with Gasteiger partial charge in [-0.1, -0.05) is 12.1 Å². The number of carbonyl (C=O) groups is 1. The van der Waals surface area contributed by atoms with E-state index < -0.39 is 0 Å². The van der Waals surface area contributed by atoms with Crippen molar-refractivity contribution < 1.29 is 9.32 Å². The molecule has 4 heteroatoms. The van der Waals surface area contributed by atoms with E-state index in [0.717, 1.165) is 0 Å². The van der Waals surface area contributed by atoms with Gasteiger partial charge in [0.05, 0.1) is 0 Å². The third-order valence-electron chi connectivity index (χ3n) is 1.59. The van der Waals surface area contributed by atoms with Gasteiger partial charge in [0, 0.05) is 26.2 Å². The van der Waals surface area contributed by atoms with Crippen LogP contribution in [-0.2, 0) is 11.2 Å². The van der Waals surface area contributed by atoms with Crippen LogP contribution in [0.25, 0.3) is 0 Å². The molecule has 0 fully saturated rings. The van der Waals surface area contributed by atoms with E-state index in [1.165, 1.54) is 0 Å². The highest BCUT2D eigenvalue weighted by atomic mass is 16.5. The summed E-state index contributed by atoms with van der Waals surface area (Å²) in [6.07, 6.45) is 1.68. The van der Waals surface area contributed by atoms with E-state index in [9.17, 15) is 4.79 Å². The van der Waals surface area contributed by atoms with Gasteiger partial charge in [0.2, 0.25) is 5.89 Å². The minimum absolute atomic E-state index is 0.234. The molecule has 0 aliphatic heterocycles. The molecular formula is C8H12N2O2. The Morgan fingerprint density at radius 2 is 2.33 bits per heavy atom. The van der Waals surface area contributed by atoms with Gasteiger partial charge < -0.3 is 4.52 Å². The Hall–Kier alpha value is -1.19. The zero-order valence-corrected chi connectivity index (χ0v) is 7.33. The lowest BCUT2D eigenvalue weighted by molar-refractivity contribution is -0.118. The molecule has 0 unspecified atom stereocenters. The van der Waals surface area contributed by atoms with Crippen molar-refractivity contribution in [3.63, 3.8) is 0 Å². The average Bonchev–Trinajstić information content (AvgIpc) is 2.47. The molecule has 1 aromatic rings. The molecule has 1 rings (SSSR count). The minimum atomic E-state index is 0.234. The smallest absolute Gasteiger partial charge is 0.223 e. The van der Waals surface area contributed by atoms with Gasteiger partial charge in [0.1, 0.15) is 5.78 Å². The molecule has 1 aromatic heterocycles. The maximum absolute atomic E-state index is 10.9. The van der Waals surface area contributed by atoms with Crippen molar-refractivity contribution in [2.75, 3.05) is 0 Å². The van der Waals surface area contributed by atoms with Crippen molar-refractivity contribution in [2.24, 2.45) is 0 Å². The zero-order valence-electron chi connectivity index (χ0n) is 7.33. The first kappa shape index (κ1) is 8.90. The molecule has 0 aromatic carbocycles. The fraction of sp³-hybridized carbons (Fsp3) is 0.625. The van der Waals surface area contributed by atoms with Crippen LogP contribution in [0.3, 0.4) is 0 Å². The van der Waals surface area contributed by atoms with Gasteiger partial charge in [-0.15, -0.1) is 0 Å². The molecule has 1 heterocycles. The van der Waals surface area contributed by atoms with Crippen LogP contribution in [0, 0.1) is 6.92 Å². The highest BCUT2D eigenvalue weighted by Gasteiger charge is 2.04. The van der Waals surface area contributed by atoms with Crippen LogP contribution in [0.5, 0.6) is 0 Å². The molecule has 0 bridgehead atoms. The molecule has 0 spiro atoms. The van der Waals surface area contributed by atoms with Gasteiger partial charge in [-0.25, -0.2) is 0 Å². The van der Waals surface area contributed by atoms with Crippen LogP contribution in [0.4, 0.5) is 0 Å². The molecule has 0 saturated heterocycles. The molecule has 0 aliphatic rings. The predicted octanol–water partition coefficient (Wildman–Crippen LogP) is 1.29. The Balaban J connectivity index is 2.38. The Morgan fingerprint density at radius 1 is 1.58 bits per heavy atom. The summed E-state index contributed by atoms with van der Waals surface area (Å²) in [6.45, 7) is 3.59. The third kappa shape index (κ3) is 2.45. The quantitative estimate of drug-likeness (QED) is 0.679. The van der Waals surface area contributed by atoms with Gasteiger partial charge >= 0.3 is 0 Å². The summed E-state index contributed by atoms with van der Waals surface area (Å²) in [5.41, 5.74) is 0. The number of carbonyl (C=O) groups excluding carboxylic acids is 1. The lowest BCUT2D eigenvalue weighted by Gasteiger charge is -1.91. The highest BCUT2D eigenvalue weighted by Crippen LogP contribution is 2.00. The van der Waals surface area contributed by atoms with Crippen LogP contribution in [0.15, 0.2) is 4.52 Å². The number of aromatic nitrogens is 2. The van der Waals surface area contributed by atoms with Crippen LogP contribution < -0.4 is 0 Å². The van der Waals surface area contributed by atoms with E-state index in [1.807, 2.05) is 6.92 Å². The summed E-state index contributed by atoms with van der Waals surface area (Å²) < 4.78 is 4.76. The lowest BCUT2D eigenvalue weighted by atomic mass is 10.2. The summed E-state index contributed by atoms with van der Waals surface area (Å²) >= 11 is 0. The largest absolute Gasteiger partial charge is 0.340 e. The summed E-state index contributed by atoms with van der Waals surface area (Å²) in [7, 11) is 0.